The van der Waals surface area contributed by atoms with Crippen LogP contribution in [0.5, 0.6) is 0 Å². The van der Waals surface area contributed by atoms with E-state index >= 15 is 0 Å². The molecule has 9 heteroatoms. The lowest BCUT2D eigenvalue weighted by molar-refractivity contribution is 0.128. The third-order valence-electron chi connectivity index (χ3n) is 5.16. The van der Waals surface area contributed by atoms with Crippen molar-refractivity contribution in [1.82, 2.24) is 25.4 Å². The maximum absolute atomic E-state index is 5.67. The number of aliphatic imine (C=N–C) groups is 1. The molecule has 0 bridgehead atoms. The smallest absolute Gasteiger partial charge is 0.191 e. The van der Waals surface area contributed by atoms with Gasteiger partial charge in [-0.3, -0.25) is 4.99 Å². The summed E-state index contributed by atoms with van der Waals surface area (Å²) >= 11 is 1.70. The number of aromatic nitrogens is 3. The monoisotopic (exact) mass is 552 g/mol. The molecule has 7 nitrogen and oxygen atoms in total. The van der Waals surface area contributed by atoms with E-state index in [0.29, 0.717) is 18.6 Å². The highest BCUT2D eigenvalue weighted by Gasteiger charge is 2.23. The molecule has 1 aliphatic carbocycles. The van der Waals surface area contributed by atoms with E-state index in [4.69, 9.17) is 9.73 Å². The third-order valence-corrected chi connectivity index (χ3v) is 5.80. The standard InChI is InChI=1S/C21H40N6OS.HI/c1-5-22-20(24-14-16-28-15-12-17(2)3)23-13-8-11-19-25-26-21(29-4)27(19)18-9-6-7-10-18;/h17-18H,5-16H2,1-4H3,(H2,22,23,24);1H. The van der Waals surface area contributed by atoms with E-state index < -0.39 is 0 Å². The first-order valence-electron chi connectivity index (χ1n) is 11.2. The van der Waals surface area contributed by atoms with Gasteiger partial charge in [0.15, 0.2) is 11.1 Å². The molecule has 30 heavy (non-hydrogen) atoms. The molecule has 0 atom stereocenters. The van der Waals surface area contributed by atoms with Crippen LogP contribution in [-0.4, -0.2) is 59.8 Å². The lowest BCUT2D eigenvalue weighted by Crippen LogP contribution is -2.39. The molecular weight excluding hydrogens is 511 g/mol. The minimum Gasteiger partial charge on any atom is -0.380 e. The Morgan fingerprint density at radius 1 is 1.23 bits per heavy atom. The molecule has 0 aromatic carbocycles. The molecule has 1 saturated carbocycles. The van der Waals surface area contributed by atoms with Gasteiger partial charge in [-0.15, -0.1) is 34.2 Å². The Kier molecular flexibility index (Phi) is 14.8. The highest BCUT2D eigenvalue weighted by molar-refractivity contribution is 14.0. The Balaban J connectivity index is 0.00000450. The molecule has 0 unspecified atom stereocenters. The first-order chi connectivity index (χ1) is 14.2. The summed E-state index contributed by atoms with van der Waals surface area (Å²) in [6.07, 6.45) is 10.2. The predicted molar refractivity (Wildman–Crippen MR) is 137 cm³/mol. The summed E-state index contributed by atoms with van der Waals surface area (Å²) in [4.78, 5) is 4.70. The predicted octanol–water partition coefficient (Wildman–Crippen LogP) is 4.28. The highest BCUT2D eigenvalue weighted by Crippen LogP contribution is 2.33. The van der Waals surface area contributed by atoms with Gasteiger partial charge in [-0.2, -0.15) is 0 Å². The van der Waals surface area contributed by atoms with Crippen LogP contribution < -0.4 is 10.6 Å². The SMILES string of the molecule is CCNC(=NCCCc1nnc(SC)n1C1CCCC1)NCCOCCC(C)C.I. The van der Waals surface area contributed by atoms with E-state index in [1.807, 2.05) is 0 Å². The molecule has 0 radical (unpaired) electrons. The molecule has 1 aromatic rings. The quantitative estimate of drug-likeness (QED) is 0.125. The van der Waals surface area contributed by atoms with Crippen LogP contribution in [0.3, 0.4) is 0 Å². The summed E-state index contributed by atoms with van der Waals surface area (Å²) < 4.78 is 8.05. The number of aryl methyl sites for hydroxylation is 1. The van der Waals surface area contributed by atoms with Crippen molar-refractivity contribution in [2.75, 3.05) is 39.1 Å². The van der Waals surface area contributed by atoms with Crippen LogP contribution in [0.1, 0.15) is 71.2 Å². The van der Waals surface area contributed by atoms with E-state index in [2.05, 4.69) is 52.4 Å². The van der Waals surface area contributed by atoms with Crippen molar-refractivity contribution in [1.29, 1.82) is 0 Å². The average molecular weight is 553 g/mol. The zero-order chi connectivity index (χ0) is 20.9. The number of thioether (sulfide) groups is 1. The maximum Gasteiger partial charge on any atom is 0.191 e. The number of rotatable bonds is 13. The van der Waals surface area contributed by atoms with Crippen molar-refractivity contribution in [3.63, 3.8) is 0 Å². The Hall–Kier alpha value is -0.550. The fourth-order valence-electron chi connectivity index (χ4n) is 3.58. The number of nitrogens with one attached hydrogen (secondary N) is 2. The van der Waals surface area contributed by atoms with Crippen LogP contribution >= 0.6 is 35.7 Å². The Morgan fingerprint density at radius 2 is 2.00 bits per heavy atom. The minimum absolute atomic E-state index is 0. The topological polar surface area (TPSA) is 76.4 Å². The van der Waals surface area contributed by atoms with E-state index in [1.165, 1.54) is 25.7 Å². The van der Waals surface area contributed by atoms with Crippen molar-refractivity contribution >= 4 is 41.7 Å². The molecule has 2 N–H and O–H groups in total. The van der Waals surface area contributed by atoms with E-state index in [0.717, 1.165) is 62.4 Å². The molecule has 174 valence electrons. The number of halogens is 1. The van der Waals surface area contributed by atoms with Gasteiger partial charge in [-0.25, -0.2) is 0 Å². The van der Waals surface area contributed by atoms with Crippen LogP contribution in [0.4, 0.5) is 0 Å². The summed E-state index contributed by atoms with van der Waals surface area (Å²) in [6.45, 7) is 10.5. The molecule has 2 rings (SSSR count). The second-order valence-electron chi connectivity index (χ2n) is 8.00. The highest BCUT2D eigenvalue weighted by atomic mass is 127. The van der Waals surface area contributed by atoms with Crippen molar-refractivity contribution in [2.24, 2.45) is 10.9 Å². The molecule has 1 aromatic heterocycles. The van der Waals surface area contributed by atoms with E-state index in [-0.39, 0.29) is 24.0 Å². The van der Waals surface area contributed by atoms with Crippen LogP contribution in [0.25, 0.3) is 0 Å². The average Bonchev–Trinajstić information content (AvgIpc) is 3.36. The van der Waals surface area contributed by atoms with Crippen LogP contribution in [0.15, 0.2) is 10.1 Å². The van der Waals surface area contributed by atoms with Gasteiger partial charge in [0, 0.05) is 38.7 Å². The molecular formula is C21H41IN6OS. The second-order valence-corrected chi connectivity index (χ2v) is 8.77. The molecule has 0 aliphatic heterocycles. The van der Waals surface area contributed by atoms with E-state index in [1.54, 1.807) is 11.8 Å². The third kappa shape index (κ3) is 9.72. The fraction of sp³-hybridized carbons (Fsp3) is 0.857. The second kappa shape index (κ2) is 16.1. The molecule has 1 fully saturated rings. The Morgan fingerprint density at radius 3 is 2.67 bits per heavy atom. The number of hydrogen-bond acceptors (Lipinski definition) is 5. The molecule has 1 heterocycles. The summed E-state index contributed by atoms with van der Waals surface area (Å²) in [7, 11) is 0. The zero-order valence-electron chi connectivity index (χ0n) is 19.2. The van der Waals surface area contributed by atoms with Gasteiger partial charge >= 0.3 is 0 Å². The van der Waals surface area contributed by atoms with Gasteiger partial charge in [-0.1, -0.05) is 38.5 Å². The molecule has 0 amide bonds. The zero-order valence-corrected chi connectivity index (χ0v) is 22.3. The summed E-state index contributed by atoms with van der Waals surface area (Å²) in [6, 6.07) is 0.584. The number of ether oxygens (including phenoxy) is 1. The largest absolute Gasteiger partial charge is 0.380 e. The maximum atomic E-state index is 5.67. The molecule has 0 saturated heterocycles. The van der Waals surface area contributed by atoms with Crippen LogP contribution in [0.2, 0.25) is 0 Å². The van der Waals surface area contributed by atoms with Gasteiger partial charge < -0.3 is 19.9 Å². The first kappa shape index (κ1) is 27.5. The molecule has 1 aliphatic rings. The van der Waals surface area contributed by atoms with Crippen molar-refractivity contribution < 1.29 is 4.74 Å². The van der Waals surface area contributed by atoms with Gasteiger partial charge in [0.1, 0.15) is 5.82 Å². The van der Waals surface area contributed by atoms with Gasteiger partial charge in [0.05, 0.1) is 6.61 Å². The van der Waals surface area contributed by atoms with Crippen LogP contribution in [0, 0.1) is 5.92 Å². The van der Waals surface area contributed by atoms with Gasteiger partial charge in [-0.05, 0) is 44.8 Å². The number of guanidine groups is 1. The number of nitrogens with zero attached hydrogens (tertiary/aromatic N) is 4. The van der Waals surface area contributed by atoms with Crippen molar-refractivity contribution in [3.05, 3.63) is 5.82 Å². The van der Waals surface area contributed by atoms with Crippen molar-refractivity contribution in [3.8, 4) is 0 Å². The number of hydrogen-bond donors (Lipinski definition) is 2. The van der Waals surface area contributed by atoms with Crippen molar-refractivity contribution in [2.45, 2.75) is 76.9 Å². The fourth-order valence-corrected chi connectivity index (χ4v) is 4.15. The molecule has 0 spiro atoms. The summed E-state index contributed by atoms with van der Waals surface area (Å²) in [5.74, 6) is 2.67. The normalized spacial score (nSPS) is 14.9. The summed E-state index contributed by atoms with van der Waals surface area (Å²) in [5, 5.41) is 16.6. The van der Waals surface area contributed by atoms with Gasteiger partial charge in [0.2, 0.25) is 0 Å². The lowest BCUT2D eigenvalue weighted by Gasteiger charge is -2.16. The lowest BCUT2D eigenvalue weighted by atomic mass is 10.1. The Labute approximate surface area is 204 Å². The van der Waals surface area contributed by atoms with E-state index in [9.17, 15) is 0 Å². The minimum atomic E-state index is 0. The van der Waals surface area contributed by atoms with Crippen LogP contribution in [-0.2, 0) is 11.2 Å². The summed E-state index contributed by atoms with van der Waals surface area (Å²) in [5.41, 5.74) is 0. The first-order valence-corrected chi connectivity index (χ1v) is 12.5. The Bertz CT molecular complexity index is 604. The van der Waals surface area contributed by atoms with Gasteiger partial charge in [0.25, 0.3) is 0 Å².